The third kappa shape index (κ3) is 5.50. The van der Waals surface area contributed by atoms with Crippen molar-refractivity contribution in [2.75, 3.05) is 38.1 Å². The van der Waals surface area contributed by atoms with E-state index in [0.29, 0.717) is 18.4 Å². The summed E-state index contributed by atoms with van der Waals surface area (Å²) in [5.41, 5.74) is 1.11. The van der Waals surface area contributed by atoms with E-state index in [0.717, 1.165) is 50.3 Å². The van der Waals surface area contributed by atoms with Crippen LogP contribution in [0.3, 0.4) is 0 Å². The van der Waals surface area contributed by atoms with Gasteiger partial charge in [0.2, 0.25) is 17.5 Å². The fraction of sp³-hybridized carbons (Fsp3) is 0.500. The summed E-state index contributed by atoms with van der Waals surface area (Å²) in [7, 11) is 0. The molecule has 0 spiro atoms. The van der Waals surface area contributed by atoms with Gasteiger partial charge >= 0.3 is 0 Å². The lowest BCUT2D eigenvalue weighted by Crippen LogP contribution is -2.25. The third-order valence-corrected chi connectivity index (χ3v) is 4.14. The molecule has 0 radical (unpaired) electrons. The topological polar surface area (TPSA) is 74.3 Å². The Kier molecular flexibility index (Phi) is 7.97. The van der Waals surface area contributed by atoms with Crippen LogP contribution in [0.15, 0.2) is 28.7 Å². The van der Waals surface area contributed by atoms with Gasteiger partial charge in [-0.05, 0) is 56.7 Å². The van der Waals surface area contributed by atoms with E-state index in [1.54, 1.807) is 0 Å². The summed E-state index contributed by atoms with van der Waals surface area (Å²) in [5.74, 6) is 1.70. The number of ether oxygens (including phenoxy) is 1. The van der Waals surface area contributed by atoms with Gasteiger partial charge in [-0.2, -0.15) is 10.2 Å². The van der Waals surface area contributed by atoms with Gasteiger partial charge in [0.05, 0.1) is 6.61 Å². The second-order valence-electron chi connectivity index (χ2n) is 5.99. The fourth-order valence-corrected chi connectivity index (χ4v) is 2.60. The van der Waals surface area contributed by atoms with Gasteiger partial charge in [-0.15, -0.1) is 0 Å². The van der Waals surface area contributed by atoms with Crippen LogP contribution < -0.4 is 10.1 Å². The Labute approximate surface area is 155 Å². The molecule has 26 heavy (non-hydrogen) atoms. The molecule has 0 saturated heterocycles. The Morgan fingerprint density at radius 1 is 1.19 bits per heavy atom. The molecule has 0 bridgehead atoms. The first-order valence-electron chi connectivity index (χ1n) is 9.32. The minimum atomic E-state index is 0.286. The minimum Gasteiger partial charge on any atom is -0.494 e. The summed E-state index contributed by atoms with van der Waals surface area (Å²) in [6.07, 6.45) is 1.95. The van der Waals surface area contributed by atoms with Crippen LogP contribution in [0.4, 0.5) is 5.88 Å². The molecule has 0 aliphatic rings. The second kappa shape index (κ2) is 10.5. The Bertz CT molecular complexity index is 700. The zero-order valence-corrected chi connectivity index (χ0v) is 15.9. The van der Waals surface area contributed by atoms with Crippen LogP contribution >= 0.6 is 0 Å². The number of nitrogens with one attached hydrogen (secondary N) is 1. The van der Waals surface area contributed by atoms with E-state index in [4.69, 9.17) is 9.15 Å². The van der Waals surface area contributed by atoms with Crippen molar-refractivity contribution in [1.82, 2.24) is 9.88 Å². The molecule has 0 fully saturated rings. The van der Waals surface area contributed by atoms with Gasteiger partial charge in [-0.1, -0.05) is 20.8 Å². The van der Waals surface area contributed by atoms with Crippen molar-refractivity contribution in [1.29, 1.82) is 5.26 Å². The SMILES string of the molecule is CCCOc1ccc(-c2nc(C#N)c(NCCCN(CC)CC)o2)cc1. The van der Waals surface area contributed by atoms with Crippen molar-refractivity contribution in [2.24, 2.45) is 0 Å². The molecule has 0 atom stereocenters. The van der Waals surface area contributed by atoms with Gasteiger partial charge in [0.15, 0.2) is 0 Å². The van der Waals surface area contributed by atoms with Gasteiger partial charge in [0.25, 0.3) is 0 Å². The van der Waals surface area contributed by atoms with E-state index in [9.17, 15) is 5.26 Å². The summed E-state index contributed by atoms with van der Waals surface area (Å²) >= 11 is 0. The molecule has 0 aliphatic carbocycles. The maximum atomic E-state index is 9.30. The van der Waals surface area contributed by atoms with Crippen molar-refractivity contribution in [2.45, 2.75) is 33.6 Å². The molecule has 0 saturated carbocycles. The van der Waals surface area contributed by atoms with Crippen LogP contribution in [-0.4, -0.2) is 42.7 Å². The van der Waals surface area contributed by atoms with Gasteiger partial charge in [-0.25, -0.2) is 0 Å². The van der Waals surface area contributed by atoms with Crippen LogP contribution in [0, 0.1) is 11.3 Å². The first-order chi connectivity index (χ1) is 12.7. The van der Waals surface area contributed by atoms with E-state index >= 15 is 0 Å². The lowest BCUT2D eigenvalue weighted by Gasteiger charge is -2.17. The average Bonchev–Trinajstić information content (AvgIpc) is 3.10. The summed E-state index contributed by atoms with van der Waals surface area (Å²) < 4.78 is 11.4. The highest BCUT2D eigenvalue weighted by Gasteiger charge is 2.14. The predicted molar refractivity (Wildman–Crippen MR) is 103 cm³/mol. The smallest absolute Gasteiger partial charge is 0.232 e. The molecule has 0 amide bonds. The molecular weight excluding hydrogens is 328 g/mol. The number of hydrogen-bond acceptors (Lipinski definition) is 6. The van der Waals surface area contributed by atoms with Crippen LogP contribution in [-0.2, 0) is 0 Å². The molecule has 1 heterocycles. The van der Waals surface area contributed by atoms with Crippen LogP contribution in [0.25, 0.3) is 11.5 Å². The number of nitrogens with zero attached hydrogens (tertiary/aromatic N) is 3. The molecule has 0 unspecified atom stereocenters. The number of aromatic nitrogens is 1. The highest BCUT2D eigenvalue weighted by atomic mass is 16.5. The van der Waals surface area contributed by atoms with Gasteiger partial charge < -0.3 is 19.4 Å². The van der Waals surface area contributed by atoms with Crippen LogP contribution in [0.1, 0.15) is 39.3 Å². The molecule has 6 nitrogen and oxygen atoms in total. The molecule has 140 valence electrons. The maximum Gasteiger partial charge on any atom is 0.232 e. The van der Waals surface area contributed by atoms with Crippen LogP contribution in [0.5, 0.6) is 5.75 Å². The highest BCUT2D eigenvalue weighted by molar-refractivity contribution is 5.59. The van der Waals surface area contributed by atoms with E-state index in [1.165, 1.54) is 0 Å². The van der Waals surface area contributed by atoms with Crippen molar-refractivity contribution >= 4 is 5.88 Å². The highest BCUT2D eigenvalue weighted by Crippen LogP contribution is 2.26. The normalized spacial score (nSPS) is 10.7. The third-order valence-electron chi connectivity index (χ3n) is 4.14. The number of anilines is 1. The minimum absolute atomic E-state index is 0.286. The van der Waals surface area contributed by atoms with E-state index in [2.05, 4.69) is 42.0 Å². The summed E-state index contributed by atoms with van der Waals surface area (Å²) in [6.45, 7) is 10.9. The van der Waals surface area contributed by atoms with Crippen LogP contribution in [0.2, 0.25) is 0 Å². The first kappa shape index (κ1) is 19.8. The van der Waals surface area contributed by atoms with Gasteiger partial charge in [0, 0.05) is 12.1 Å². The standard InChI is InChI=1S/C20H28N4O2/c1-4-14-25-17-10-8-16(9-11-17)19-23-18(15-21)20(26-19)22-12-7-13-24(5-2)6-3/h8-11,22H,4-7,12-14H2,1-3H3. The van der Waals surface area contributed by atoms with E-state index in [1.807, 2.05) is 24.3 Å². The molecule has 0 aliphatic heterocycles. The number of rotatable bonds is 11. The number of nitriles is 1. The lowest BCUT2D eigenvalue weighted by molar-refractivity contribution is 0.302. The number of benzene rings is 1. The Morgan fingerprint density at radius 2 is 1.92 bits per heavy atom. The summed E-state index contributed by atoms with van der Waals surface area (Å²) in [4.78, 5) is 6.66. The van der Waals surface area contributed by atoms with Crippen molar-refractivity contribution in [3.05, 3.63) is 30.0 Å². The average molecular weight is 356 g/mol. The first-order valence-corrected chi connectivity index (χ1v) is 9.32. The zero-order valence-electron chi connectivity index (χ0n) is 15.9. The quantitative estimate of drug-likeness (QED) is 0.610. The molecular formula is C20H28N4O2. The number of hydrogen-bond donors (Lipinski definition) is 1. The lowest BCUT2D eigenvalue weighted by atomic mass is 10.2. The predicted octanol–water partition coefficient (Wildman–Crippen LogP) is 4.15. The molecule has 1 aromatic carbocycles. The second-order valence-corrected chi connectivity index (χ2v) is 5.99. The van der Waals surface area contributed by atoms with Gasteiger partial charge in [-0.3, -0.25) is 0 Å². The molecule has 2 aromatic rings. The zero-order chi connectivity index (χ0) is 18.8. The van der Waals surface area contributed by atoms with E-state index < -0.39 is 0 Å². The Morgan fingerprint density at radius 3 is 2.54 bits per heavy atom. The Balaban J connectivity index is 1.98. The van der Waals surface area contributed by atoms with Crippen molar-refractivity contribution < 1.29 is 9.15 Å². The molecule has 2 rings (SSSR count). The van der Waals surface area contributed by atoms with Gasteiger partial charge in [0.1, 0.15) is 11.8 Å². The summed E-state index contributed by atoms with van der Waals surface area (Å²) in [6, 6.07) is 9.65. The van der Waals surface area contributed by atoms with Crippen molar-refractivity contribution in [3.63, 3.8) is 0 Å². The summed E-state index contributed by atoms with van der Waals surface area (Å²) in [5, 5.41) is 12.5. The maximum absolute atomic E-state index is 9.30. The monoisotopic (exact) mass is 356 g/mol. The Hall–Kier alpha value is -2.52. The van der Waals surface area contributed by atoms with E-state index in [-0.39, 0.29) is 5.69 Å². The van der Waals surface area contributed by atoms with Crippen molar-refractivity contribution in [3.8, 4) is 23.3 Å². The molecule has 1 aromatic heterocycles. The largest absolute Gasteiger partial charge is 0.494 e. The fourth-order valence-electron chi connectivity index (χ4n) is 2.60. The molecule has 6 heteroatoms. The molecule has 1 N–H and O–H groups in total. The number of oxazole rings is 1.